The van der Waals surface area contributed by atoms with Crippen LogP contribution < -0.4 is 5.32 Å². The summed E-state index contributed by atoms with van der Waals surface area (Å²) in [6, 6.07) is 0. The number of nitrogens with one attached hydrogen (secondary N) is 1. The van der Waals surface area contributed by atoms with Gasteiger partial charge >= 0.3 is 0 Å². The molecule has 21 heavy (non-hydrogen) atoms. The van der Waals surface area contributed by atoms with Gasteiger partial charge in [-0.05, 0) is 38.3 Å². The molecule has 0 saturated heterocycles. The molecule has 0 bridgehead atoms. The fourth-order valence-corrected chi connectivity index (χ4v) is 3.61. The lowest BCUT2D eigenvalue weighted by atomic mass is 9.89. The number of aliphatic hydroxyl groups is 1. The van der Waals surface area contributed by atoms with Gasteiger partial charge < -0.3 is 15.0 Å². The van der Waals surface area contributed by atoms with Crippen LogP contribution in [0.2, 0.25) is 0 Å². The number of fused-ring (bicyclic) bond motifs is 2. The molecule has 2 heterocycles. The average Bonchev–Trinajstić information content (AvgIpc) is 2.63. The minimum atomic E-state index is -2.38. The lowest BCUT2D eigenvalue weighted by Gasteiger charge is -2.29. The van der Waals surface area contributed by atoms with Crippen molar-refractivity contribution in [2.45, 2.75) is 45.9 Å². The maximum atomic E-state index is 12.8. The first-order valence-corrected chi connectivity index (χ1v) is 7.30. The van der Waals surface area contributed by atoms with Crippen LogP contribution in [0.4, 0.5) is 8.78 Å². The first kappa shape index (κ1) is 14.6. The van der Waals surface area contributed by atoms with Crippen LogP contribution in [-0.4, -0.2) is 22.3 Å². The van der Waals surface area contributed by atoms with Crippen LogP contribution in [0.5, 0.6) is 0 Å². The molecule has 2 aliphatic rings. The van der Waals surface area contributed by atoms with Crippen LogP contribution in [0.25, 0.3) is 5.57 Å². The summed E-state index contributed by atoms with van der Waals surface area (Å²) in [6.07, 6.45) is -0.307. The number of rotatable bonds is 2. The highest BCUT2D eigenvalue weighted by Gasteiger charge is 2.31. The second kappa shape index (κ2) is 5.14. The van der Waals surface area contributed by atoms with E-state index in [1.807, 2.05) is 13.8 Å². The van der Waals surface area contributed by atoms with Gasteiger partial charge in [0.25, 0.3) is 6.43 Å². The summed E-state index contributed by atoms with van der Waals surface area (Å²) >= 11 is 6.30. The standard InChI is InChI=1S/C15H17ClF2N2O/c1-7-8(2)20(6-12(17)18)11-4-3-10-15(14(7)11)9(16)5-13(21)19-10/h5,12-13,19,21H,3-4,6H2,1-2H3. The Morgan fingerprint density at radius 2 is 2.14 bits per heavy atom. The molecule has 0 amide bonds. The minimum absolute atomic E-state index is 0.290. The molecule has 3 nitrogen and oxygen atoms in total. The van der Waals surface area contributed by atoms with Gasteiger partial charge in [0.15, 0.2) is 0 Å². The normalized spacial score (nSPS) is 21.1. The summed E-state index contributed by atoms with van der Waals surface area (Å²) in [5.41, 5.74) is 5.41. The van der Waals surface area contributed by atoms with Crippen LogP contribution in [0.15, 0.2) is 16.8 Å². The molecule has 1 atom stereocenters. The van der Waals surface area contributed by atoms with E-state index in [4.69, 9.17) is 11.6 Å². The van der Waals surface area contributed by atoms with Gasteiger partial charge in [-0.15, -0.1) is 0 Å². The number of halogens is 3. The SMILES string of the molecule is Cc1c2c(n(CC(F)F)c1C)CCC1=C2C(Cl)=CC(O)N1. The minimum Gasteiger partial charge on any atom is -0.370 e. The zero-order valence-electron chi connectivity index (χ0n) is 11.9. The smallest absolute Gasteiger partial charge is 0.256 e. The van der Waals surface area contributed by atoms with Crippen LogP contribution >= 0.6 is 11.6 Å². The first-order valence-electron chi connectivity index (χ1n) is 6.92. The molecule has 6 heteroatoms. The van der Waals surface area contributed by atoms with Crippen molar-refractivity contribution in [2.24, 2.45) is 0 Å². The number of allylic oxidation sites excluding steroid dienone is 3. The van der Waals surface area contributed by atoms with Crippen molar-refractivity contribution < 1.29 is 13.9 Å². The molecule has 2 N–H and O–H groups in total. The van der Waals surface area contributed by atoms with E-state index in [2.05, 4.69) is 5.32 Å². The molecule has 1 aromatic rings. The summed E-state index contributed by atoms with van der Waals surface area (Å²) in [5.74, 6) is 0. The monoisotopic (exact) mass is 314 g/mol. The predicted molar refractivity (Wildman–Crippen MR) is 78.2 cm³/mol. The summed E-state index contributed by atoms with van der Waals surface area (Å²) < 4.78 is 27.4. The topological polar surface area (TPSA) is 37.2 Å². The van der Waals surface area contributed by atoms with Gasteiger partial charge in [0, 0.05) is 28.2 Å². The number of dihydropyridines is 1. The van der Waals surface area contributed by atoms with Gasteiger partial charge in [-0.25, -0.2) is 8.78 Å². The second-order valence-corrected chi connectivity index (χ2v) is 5.90. The summed E-state index contributed by atoms with van der Waals surface area (Å²) in [5, 5.41) is 13.2. The zero-order chi connectivity index (χ0) is 15.3. The number of aliphatic hydroxyl groups excluding tert-OH is 1. The highest BCUT2D eigenvalue weighted by molar-refractivity contribution is 6.37. The molecule has 1 aliphatic carbocycles. The van der Waals surface area contributed by atoms with E-state index in [0.29, 0.717) is 17.9 Å². The fourth-order valence-electron chi connectivity index (χ4n) is 3.28. The molecule has 3 rings (SSSR count). The fraction of sp³-hybridized carbons (Fsp3) is 0.467. The molecule has 0 aromatic carbocycles. The van der Waals surface area contributed by atoms with Gasteiger partial charge in [-0.2, -0.15) is 0 Å². The second-order valence-electron chi connectivity index (χ2n) is 5.49. The summed E-state index contributed by atoms with van der Waals surface area (Å²) in [7, 11) is 0. The van der Waals surface area contributed by atoms with E-state index in [9.17, 15) is 13.9 Å². The quantitative estimate of drug-likeness (QED) is 0.880. The highest BCUT2D eigenvalue weighted by Crippen LogP contribution is 2.42. The lowest BCUT2D eigenvalue weighted by molar-refractivity contribution is 0.125. The lowest BCUT2D eigenvalue weighted by Crippen LogP contribution is -2.32. The largest absolute Gasteiger partial charge is 0.370 e. The van der Waals surface area contributed by atoms with E-state index in [-0.39, 0.29) is 6.54 Å². The van der Waals surface area contributed by atoms with Gasteiger partial charge in [0.05, 0.1) is 11.6 Å². The van der Waals surface area contributed by atoms with Crippen molar-refractivity contribution in [2.75, 3.05) is 0 Å². The molecule has 1 aromatic heterocycles. The maximum absolute atomic E-state index is 12.8. The zero-order valence-corrected chi connectivity index (χ0v) is 12.6. The number of aromatic nitrogens is 1. The van der Waals surface area contributed by atoms with Crippen molar-refractivity contribution in [3.63, 3.8) is 0 Å². The third kappa shape index (κ3) is 2.28. The molecule has 0 fully saturated rings. The van der Waals surface area contributed by atoms with Gasteiger partial charge in [-0.3, -0.25) is 0 Å². The van der Waals surface area contributed by atoms with E-state index in [1.54, 1.807) is 4.57 Å². The number of alkyl halides is 2. The first-order chi connectivity index (χ1) is 9.90. The van der Waals surface area contributed by atoms with Gasteiger partial charge in [0.1, 0.15) is 6.23 Å². The van der Waals surface area contributed by atoms with Crippen molar-refractivity contribution in [1.82, 2.24) is 9.88 Å². The van der Waals surface area contributed by atoms with Crippen molar-refractivity contribution in [1.29, 1.82) is 0 Å². The highest BCUT2D eigenvalue weighted by atomic mass is 35.5. The van der Waals surface area contributed by atoms with Crippen LogP contribution in [0, 0.1) is 13.8 Å². The summed E-state index contributed by atoms with van der Waals surface area (Å²) in [6.45, 7) is 3.50. The number of hydrogen-bond acceptors (Lipinski definition) is 2. The van der Waals surface area contributed by atoms with E-state index in [0.717, 1.165) is 33.8 Å². The Bertz CT molecular complexity index is 661. The molecule has 0 saturated carbocycles. The van der Waals surface area contributed by atoms with E-state index < -0.39 is 12.7 Å². The Morgan fingerprint density at radius 3 is 2.81 bits per heavy atom. The average molecular weight is 315 g/mol. The van der Waals surface area contributed by atoms with Gasteiger partial charge in [0.2, 0.25) is 0 Å². The van der Waals surface area contributed by atoms with E-state index in [1.165, 1.54) is 6.08 Å². The molecule has 0 radical (unpaired) electrons. The number of nitrogens with zero attached hydrogens (tertiary/aromatic N) is 1. The van der Waals surface area contributed by atoms with E-state index >= 15 is 0 Å². The van der Waals surface area contributed by atoms with Crippen molar-refractivity contribution in [3.05, 3.63) is 39.3 Å². The molecule has 114 valence electrons. The molecule has 1 unspecified atom stereocenters. The maximum Gasteiger partial charge on any atom is 0.256 e. The van der Waals surface area contributed by atoms with Crippen molar-refractivity contribution >= 4 is 17.2 Å². The number of hydrogen-bond donors (Lipinski definition) is 2. The predicted octanol–water partition coefficient (Wildman–Crippen LogP) is 3.07. The van der Waals surface area contributed by atoms with Crippen LogP contribution in [0.1, 0.15) is 28.9 Å². The van der Waals surface area contributed by atoms with Crippen LogP contribution in [0.3, 0.4) is 0 Å². The Morgan fingerprint density at radius 1 is 1.43 bits per heavy atom. The molecule has 1 aliphatic heterocycles. The Balaban J connectivity index is 2.17. The third-order valence-electron chi connectivity index (χ3n) is 4.29. The molecular weight excluding hydrogens is 298 g/mol. The van der Waals surface area contributed by atoms with Gasteiger partial charge in [-0.1, -0.05) is 11.6 Å². The van der Waals surface area contributed by atoms with Crippen molar-refractivity contribution in [3.8, 4) is 0 Å². The Kier molecular flexibility index (Phi) is 3.58. The Hall–Kier alpha value is -1.33. The molecular formula is C15H17ClF2N2O. The third-order valence-corrected chi connectivity index (χ3v) is 4.60. The van der Waals surface area contributed by atoms with Crippen LogP contribution in [-0.2, 0) is 13.0 Å². The Labute approximate surface area is 126 Å². The summed E-state index contributed by atoms with van der Waals surface area (Å²) in [4.78, 5) is 0. The molecule has 0 spiro atoms.